The zero-order valence-corrected chi connectivity index (χ0v) is 19.7. The van der Waals surface area contributed by atoms with Crippen molar-refractivity contribution in [2.45, 2.75) is 25.7 Å². The predicted molar refractivity (Wildman–Crippen MR) is 130 cm³/mol. The summed E-state index contributed by atoms with van der Waals surface area (Å²) in [5.74, 6) is 2.31. The minimum absolute atomic E-state index is 0.734. The molecule has 168 valence electrons. The number of hydrogen-bond acceptors (Lipinski definition) is 2. The van der Waals surface area contributed by atoms with Gasteiger partial charge in [-0.15, -0.1) is 0 Å². The highest BCUT2D eigenvalue weighted by Gasteiger charge is 2.08. The number of benzene rings is 2. The van der Waals surface area contributed by atoms with Crippen LogP contribution in [-0.4, -0.2) is 7.11 Å². The van der Waals surface area contributed by atoms with Gasteiger partial charge in [0.15, 0.2) is 36.3 Å². The molecule has 2 heterocycles. The van der Waals surface area contributed by atoms with Gasteiger partial charge in [0.25, 0.3) is 0 Å². The Morgan fingerprint density at radius 2 is 1.00 bits per heavy atom. The van der Waals surface area contributed by atoms with Crippen molar-refractivity contribution in [1.82, 2.24) is 0 Å². The Hall–Kier alpha value is -3.66. The summed E-state index contributed by atoms with van der Waals surface area (Å²) < 4.78 is 15.9. The summed E-state index contributed by atoms with van der Waals surface area (Å²) in [6.45, 7) is 0. The molecule has 0 N–H and O–H groups in total. The molecule has 4 rings (SSSR count). The predicted octanol–water partition coefficient (Wildman–Crippen LogP) is 4.71. The van der Waals surface area contributed by atoms with Gasteiger partial charge in [-0.05, 0) is 72.2 Å². The van der Waals surface area contributed by atoms with E-state index in [4.69, 9.17) is 9.47 Å². The van der Waals surface area contributed by atoms with Gasteiger partial charge in [-0.3, -0.25) is 0 Å². The number of aromatic nitrogens is 2. The van der Waals surface area contributed by atoms with E-state index < -0.39 is 0 Å². The van der Waals surface area contributed by atoms with Crippen molar-refractivity contribution >= 4 is 0 Å². The molecule has 4 nitrogen and oxygen atoms in total. The van der Waals surface area contributed by atoms with E-state index in [9.17, 15) is 0 Å². The minimum atomic E-state index is 0.734. The lowest BCUT2D eigenvalue weighted by Crippen LogP contribution is -2.25. The number of nitrogens with zero attached hydrogens (tertiary/aromatic N) is 2. The van der Waals surface area contributed by atoms with Gasteiger partial charge in [-0.1, -0.05) is 18.2 Å². The van der Waals surface area contributed by atoms with Crippen molar-refractivity contribution in [3.05, 3.63) is 114 Å². The summed E-state index contributed by atoms with van der Waals surface area (Å²) in [6.07, 6.45) is 12.3. The molecule has 33 heavy (non-hydrogen) atoms. The second kappa shape index (κ2) is 10.8. The molecule has 0 amide bonds. The third-order valence-corrected chi connectivity index (χ3v) is 5.88. The number of methoxy groups -OCH3 is 1. The largest absolute Gasteiger partial charge is 0.493 e. The van der Waals surface area contributed by atoms with E-state index in [1.165, 1.54) is 22.3 Å². The van der Waals surface area contributed by atoms with Crippen LogP contribution in [-0.2, 0) is 39.8 Å². The fraction of sp³-hybridized carbons (Fsp3) is 0.241. The summed E-state index contributed by atoms with van der Waals surface area (Å²) >= 11 is 0. The van der Waals surface area contributed by atoms with E-state index in [0.29, 0.717) is 0 Å². The first kappa shape index (κ1) is 22.5. The minimum Gasteiger partial charge on any atom is -0.493 e. The van der Waals surface area contributed by atoms with Gasteiger partial charge in [0.05, 0.1) is 7.11 Å². The molecular formula is C29H32N2O2+2. The van der Waals surface area contributed by atoms with E-state index in [1.807, 2.05) is 32.3 Å². The van der Waals surface area contributed by atoms with Crippen LogP contribution in [0.2, 0.25) is 0 Å². The maximum Gasteiger partial charge on any atom is 0.169 e. The third-order valence-electron chi connectivity index (χ3n) is 5.88. The van der Waals surface area contributed by atoms with Gasteiger partial charge in [0.1, 0.15) is 19.8 Å². The van der Waals surface area contributed by atoms with Gasteiger partial charge in [0.2, 0.25) is 0 Å². The molecule has 2 aromatic carbocycles. The summed E-state index contributed by atoms with van der Waals surface area (Å²) in [7, 11) is 5.76. The number of rotatable bonds is 9. The van der Waals surface area contributed by atoms with Crippen molar-refractivity contribution in [3.8, 4) is 17.2 Å². The van der Waals surface area contributed by atoms with Crippen molar-refractivity contribution < 1.29 is 18.6 Å². The number of pyridine rings is 2. The molecule has 0 unspecified atom stereocenters. The Kier molecular flexibility index (Phi) is 7.36. The van der Waals surface area contributed by atoms with E-state index in [2.05, 4.69) is 82.5 Å². The summed E-state index contributed by atoms with van der Waals surface area (Å²) in [6, 6.07) is 23.2. The molecule has 4 aromatic rings. The fourth-order valence-electron chi connectivity index (χ4n) is 3.78. The molecule has 4 heteroatoms. The standard InChI is InChI=1S/C29H32N2O2/c1-30-18-14-24(15-19-30)5-4-23-8-11-27(12-9-23)33-28-13-10-26(22-29(28)32-3)7-6-25-16-20-31(2)21-17-25/h8-22H,4-7H2,1-3H3/q+2. The monoisotopic (exact) mass is 440 g/mol. The molecule has 0 bridgehead atoms. The highest BCUT2D eigenvalue weighted by molar-refractivity contribution is 5.46. The molecule has 0 radical (unpaired) electrons. The molecule has 0 saturated carbocycles. The number of aryl methyl sites for hydroxylation is 6. The van der Waals surface area contributed by atoms with Crippen LogP contribution < -0.4 is 18.6 Å². The SMILES string of the molecule is COc1cc(CCc2cc[n+](C)cc2)ccc1Oc1ccc(CCc2cc[n+](C)cc2)cc1. The van der Waals surface area contributed by atoms with E-state index in [0.717, 1.165) is 42.9 Å². The first-order valence-electron chi connectivity index (χ1n) is 11.4. The lowest BCUT2D eigenvalue weighted by molar-refractivity contribution is -0.671. The molecule has 0 aliphatic heterocycles. The quantitative estimate of drug-likeness (QED) is 0.353. The maximum atomic E-state index is 6.13. The van der Waals surface area contributed by atoms with Crippen LogP contribution in [0.1, 0.15) is 22.3 Å². The lowest BCUT2D eigenvalue weighted by Gasteiger charge is -2.12. The van der Waals surface area contributed by atoms with Crippen LogP contribution in [0.5, 0.6) is 17.2 Å². The van der Waals surface area contributed by atoms with Crippen molar-refractivity contribution in [3.63, 3.8) is 0 Å². The maximum absolute atomic E-state index is 6.13. The Bertz CT molecular complexity index is 1170. The molecular weight excluding hydrogens is 408 g/mol. The third kappa shape index (κ3) is 6.42. The Balaban J connectivity index is 1.35. The van der Waals surface area contributed by atoms with Crippen molar-refractivity contribution in [1.29, 1.82) is 0 Å². The van der Waals surface area contributed by atoms with Gasteiger partial charge in [-0.2, -0.15) is 0 Å². The molecule has 0 atom stereocenters. The van der Waals surface area contributed by atoms with Crippen LogP contribution in [0.4, 0.5) is 0 Å². The van der Waals surface area contributed by atoms with Crippen molar-refractivity contribution in [2.24, 2.45) is 14.1 Å². The van der Waals surface area contributed by atoms with Gasteiger partial charge < -0.3 is 9.47 Å². The molecule has 0 aliphatic rings. The summed E-state index contributed by atoms with van der Waals surface area (Å²) in [4.78, 5) is 0. The summed E-state index contributed by atoms with van der Waals surface area (Å²) in [5.41, 5.74) is 5.21. The molecule has 0 aliphatic carbocycles. The Morgan fingerprint density at radius 1 is 0.545 bits per heavy atom. The highest BCUT2D eigenvalue weighted by Crippen LogP contribution is 2.33. The normalized spacial score (nSPS) is 10.8. The smallest absolute Gasteiger partial charge is 0.169 e. The molecule has 2 aromatic heterocycles. The number of ether oxygens (including phenoxy) is 2. The highest BCUT2D eigenvalue weighted by atomic mass is 16.5. The van der Waals surface area contributed by atoms with E-state index >= 15 is 0 Å². The van der Waals surface area contributed by atoms with Crippen LogP contribution in [0.3, 0.4) is 0 Å². The molecule has 0 fully saturated rings. The topological polar surface area (TPSA) is 26.2 Å². The van der Waals surface area contributed by atoms with Gasteiger partial charge in [-0.25, -0.2) is 9.13 Å². The van der Waals surface area contributed by atoms with Gasteiger partial charge in [0, 0.05) is 24.3 Å². The second-order valence-electron chi connectivity index (χ2n) is 8.47. The Labute approximate surface area is 196 Å². The lowest BCUT2D eigenvalue weighted by atomic mass is 10.0. The van der Waals surface area contributed by atoms with Crippen LogP contribution in [0, 0.1) is 0 Å². The zero-order valence-electron chi connectivity index (χ0n) is 19.7. The van der Waals surface area contributed by atoms with Crippen LogP contribution in [0.25, 0.3) is 0 Å². The van der Waals surface area contributed by atoms with Crippen molar-refractivity contribution in [2.75, 3.05) is 7.11 Å². The number of hydrogen-bond donors (Lipinski definition) is 0. The molecule has 0 spiro atoms. The van der Waals surface area contributed by atoms with E-state index in [-0.39, 0.29) is 0 Å². The molecule has 0 saturated heterocycles. The fourth-order valence-corrected chi connectivity index (χ4v) is 3.78. The second-order valence-corrected chi connectivity index (χ2v) is 8.47. The van der Waals surface area contributed by atoms with Gasteiger partial charge >= 0.3 is 0 Å². The first-order chi connectivity index (χ1) is 16.1. The zero-order chi connectivity index (χ0) is 23.0. The summed E-state index contributed by atoms with van der Waals surface area (Å²) in [5, 5.41) is 0. The average molecular weight is 441 g/mol. The average Bonchev–Trinajstić information content (AvgIpc) is 2.85. The van der Waals surface area contributed by atoms with Crippen LogP contribution in [0.15, 0.2) is 91.5 Å². The van der Waals surface area contributed by atoms with Crippen LogP contribution >= 0.6 is 0 Å². The van der Waals surface area contributed by atoms with E-state index in [1.54, 1.807) is 7.11 Å². The first-order valence-corrected chi connectivity index (χ1v) is 11.4. The Morgan fingerprint density at radius 3 is 1.52 bits per heavy atom.